The van der Waals surface area contributed by atoms with E-state index in [4.69, 9.17) is 10.5 Å². The Labute approximate surface area is 109 Å². The summed E-state index contributed by atoms with van der Waals surface area (Å²) >= 11 is 3.44. The van der Waals surface area contributed by atoms with Crippen LogP contribution in [0.5, 0.6) is 0 Å². The molecule has 0 aromatic heterocycles. The van der Waals surface area contributed by atoms with Gasteiger partial charge in [0.15, 0.2) is 0 Å². The highest BCUT2D eigenvalue weighted by Gasteiger charge is 2.26. The van der Waals surface area contributed by atoms with Gasteiger partial charge in [-0.1, -0.05) is 28.1 Å². The van der Waals surface area contributed by atoms with E-state index in [1.54, 1.807) is 0 Å². The van der Waals surface area contributed by atoms with Crippen LogP contribution in [0.25, 0.3) is 0 Å². The van der Waals surface area contributed by atoms with Gasteiger partial charge in [0.05, 0.1) is 6.61 Å². The molecule has 1 aromatic rings. The van der Waals surface area contributed by atoms with Gasteiger partial charge in [-0.15, -0.1) is 0 Å². The Hall–Kier alpha value is -1.03. The molecule has 0 radical (unpaired) electrons. The second-order valence-electron chi connectivity index (χ2n) is 4.56. The van der Waals surface area contributed by atoms with Gasteiger partial charge in [0, 0.05) is 4.47 Å². The first kappa shape index (κ1) is 12.4. The van der Waals surface area contributed by atoms with E-state index in [0.717, 1.165) is 23.7 Å². The van der Waals surface area contributed by atoms with Crippen LogP contribution in [0.3, 0.4) is 0 Å². The largest absolute Gasteiger partial charge is 0.449 e. The number of halogens is 1. The van der Waals surface area contributed by atoms with Gasteiger partial charge in [-0.3, -0.25) is 0 Å². The lowest BCUT2D eigenvalue weighted by atomic mass is 9.97. The first-order valence-corrected chi connectivity index (χ1v) is 6.62. The molecule has 17 heavy (non-hydrogen) atoms. The lowest BCUT2D eigenvalue weighted by molar-refractivity contribution is 0.137. The highest BCUT2D eigenvalue weighted by molar-refractivity contribution is 9.10. The standard InChI is InChI=1S/C13H16BrNO2/c14-12-5-3-10(4-6-12)11-2-1-9(7-11)8-17-13(15)16/h3-6,9,11H,1-2,7-8H2,(H2,15,16). The summed E-state index contributed by atoms with van der Waals surface area (Å²) in [5, 5.41) is 0. The van der Waals surface area contributed by atoms with Crippen molar-refractivity contribution in [2.75, 3.05) is 6.61 Å². The summed E-state index contributed by atoms with van der Waals surface area (Å²) in [5.41, 5.74) is 6.34. The van der Waals surface area contributed by atoms with Crippen LogP contribution in [-0.4, -0.2) is 12.7 Å². The summed E-state index contributed by atoms with van der Waals surface area (Å²) in [5.74, 6) is 1.04. The summed E-state index contributed by atoms with van der Waals surface area (Å²) in [6.45, 7) is 0.461. The molecule has 2 atom stereocenters. The number of amides is 1. The van der Waals surface area contributed by atoms with Crippen molar-refractivity contribution in [1.82, 2.24) is 0 Å². The van der Waals surface area contributed by atoms with Crippen molar-refractivity contribution in [1.29, 1.82) is 0 Å². The maximum absolute atomic E-state index is 10.5. The Morgan fingerprint density at radius 1 is 1.35 bits per heavy atom. The topological polar surface area (TPSA) is 52.3 Å². The Balaban J connectivity index is 1.89. The van der Waals surface area contributed by atoms with Crippen molar-refractivity contribution in [2.45, 2.75) is 25.2 Å². The van der Waals surface area contributed by atoms with Crippen LogP contribution in [0.15, 0.2) is 28.7 Å². The third-order valence-electron chi connectivity index (χ3n) is 3.34. The molecule has 3 nitrogen and oxygen atoms in total. The van der Waals surface area contributed by atoms with Crippen LogP contribution in [0.1, 0.15) is 30.7 Å². The van der Waals surface area contributed by atoms with Crippen molar-refractivity contribution < 1.29 is 9.53 Å². The van der Waals surface area contributed by atoms with Gasteiger partial charge in [0.2, 0.25) is 0 Å². The van der Waals surface area contributed by atoms with Gasteiger partial charge in [-0.05, 0) is 48.8 Å². The fraction of sp³-hybridized carbons (Fsp3) is 0.462. The van der Waals surface area contributed by atoms with E-state index >= 15 is 0 Å². The molecule has 0 aliphatic heterocycles. The molecule has 4 heteroatoms. The predicted molar refractivity (Wildman–Crippen MR) is 69.8 cm³/mol. The molecule has 1 amide bonds. The minimum atomic E-state index is -0.669. The number of benzene rings is 1. The summed E-state index contributed by atoms with van der Waals surface area (Å²) in [7, 11) is 0. The lowest BCUT2D eigenvalue weighted by Crippen LogP contribution is -2.17. The molecule has 1 aliphatic rings. The number of carbonyl (C=O) groups is 1. The van der Waals surface area contributed by atoms with Crippen LogP contribution in [-0.2, 0) is 4.74 Å². The number of ether oxygens (including phenoxy) is 1. The number of hydrogen-bond donors (Lipinski definition) is 1. The smallest absolute Gasteiger partial charge is 0.404 e. The number of primary amides is 1. The highest BCUT2D eigenvalue weighted by Crippen LogP contribution is 2.38. The summed E-state index contributed by atoms with van der Waals surface area (Å²) in [4.78, 5) is 10.5. The molecule has 1 aliphatic carbocycles. The van der Waals surface area contributed by atoms with Crippen molar-refractivity contribution in [3.05, 3.63) is 34.3 Å². The third-order valence-corrected chi connectivity index (χ3v) is 3.87. The molecule has 0 spiro atoms. The number of hydrogen-bond acceptors (Lipinski definition) is 2. The molecule has 1 fully saturated rings. The van der Waals surface area contributed by atoms with E-state index < -0.39 is 6.09 Å². The van der Waals surface area contributed by atoms with Crippen LogP contribution in [0, 0.1) is 5.92 Å². The van der Waals surface area contributed by atoms with E-state index in [1.807, 2.05) is 0 Å². The minimum Gasteiger partial charge on any atom is -0.449 e. The highest BCUT2D eigenvalue weighted by atomic mass is 79.9. The molecule has 0 bridgehead atoms. The molecule has 1 saturated carbocycles. The lowest BCUT2D eigenvalue weighted by Gasteiger charge is -2.11. The van der Waals surface area contributed by atoms with Crippen LogP contribution in [0.4, 0.5) is 4.79 Å². The monoisotopic (exact) mass is 297 g/mol. The van der Waals surface area contributed by atoms with Gasteiger partial charge in [0.1, 0.15) is 0 Å². The molecular formula is C13H16BrNO2. The minimum absolute atomic E-state index is 0.455. The van der Waals surface area contributed by atoms with Crippen molar-refractivity contribution in [2.24, 2.45) is 11.7 Å². The van der Waals surface area contributed by atoms with E-state index in [1.165, 1.54) is 5.56 Å². The average molecular weight is 298 g/mol. The number of rotatable bonds is 3. The number of nitrogens with two attached hydrogens (primary N) is 1. The van der Waals surface area contributed by atoms with Crippen molar-refractivity contribution >= 4 is 22.0 Å². The maximum Gasteiger partial charge on any atom is 0.404 e. The van der Waals surface area contributed by atoms with E-state index in [9.17, 15) is 4.79 Å². The predicted octanol–water partition coefficient (Wildman–Crippen LogP) is 3.43. The Bertz CT molecular complexity index is 391. The van der Waals surface area contributed by atoms with Crippen LogP contribution in [0.2, 0.25) is 0 Å². The first-order valence-electron chi connectivity index (χ1n) is 5.83. The fourth-order valence-electron chi connectivity index (χ4n) is 2.46. The zero-order valence-corrected chi connectivity index (χ0v) is 11.2. The summed E-state index contributed by atoms with van der Waals surface area (Å²) in [6, 6.07) is 8.46. The van der Waals surface area contributed by atoms with Gasteiger partial charge < -0.3 is 10.5 Å². The van der Waals surface area contributed by atoms with Gasteiger partial charge in [-0.25, -0.2) is 4.79 Å². The van der Waals surface area contributed by atoms with Crippen LogP contribution >= 0.6 is 15.9 Å². The second-order valence-corrected chi connectivity index (χ2v) is 5.47. The molecule has 2 rings (SSSR count). The zero-order valence-electron chi connectivity index (χ0n) is 9.56. The van der Waals surface area contributed by atoms with Gasteiger partial charge in [-0.2, -0.15) is 0 Å². The summed E-state index contributed by atoms with van der Waals surface area (Å²) < 4.78 is 5.96. The molecule has 0 heterocycles. The molecule has 92 valence electrons. The average Bonchev–Trinajstić information content (AvgIpc) is 2.76. The van der Waals surface area contributed by atoms with Gasteiger partial charge >= 0.3 is 6.09 Å². The van der Waals surface area contributed by atoms with Gasteiger partial charge in [0.25, 0.3) is 0 Å². The van der Waals surface area contributed by atoms with E-state index in [0.29, 0.717) is 18.4 Å². The zero-order chi connectivity index (χ0) is 12.3. The van der Waals surface area contributed by atoms with E-state index in [2.05, 4.69) is 40.2 Å². The van der Waals surface area contributed by atoms with Crippen molar-refractivity contribution in [3.8, 4) is 0 Å². The fourth-order valence-corrected chi connectivity index (χ4v) is 2.73. The third kappa shape index (κ3) is 3.46. The first-order chi connectivity index (χ1) is 8.15. The molecule has 1 aromatic carbocycles. The van der Waals surface area contributed by atoms with Crippen LogP contribution < -0.4 is 5.73 Å². The normalized spacial score (nSPS) is 23.6. The Morgan fingerprint density at radius 3 is 2.71 bits per heavy atom. The quantitative estimate of drug-likeness (QED) is 0.929. The maximum atomic E-state index is 10.5. The molecular weight excluding hydrogens is 282 g/mol. The van der Waals surface area contributed by atoms with Crippen molar-refractivity contribution in [3.63, 3.8) is 0 Å². The molecule has 2 unspecified atom stereocenters. The molecule has 0 saturated heterocycles. The van der Waals surface area contributed by atoms with E-state index in [-0.39, 0.29) is 0 Å². The second kappa shape index (κ2) is 5.54. The SMILES string of the molecule is NC(=O)OCC1CCC(c2ccc(Br)cc2)C1. The Kier molecular flexibility index (Phi) is 4.05. The summed E-state index contributed by atoms with van der Waals surface area (Å²) in [6.07, 6.45) is 2.68. The number of carbonyl (C=O) groups excluding carboxylic acids is 1. The Morgan fingerprint density at radius 2 is 2.06 bits per heavy atom. The molecule has 2 N–H and O–H groups in total.